The SMILES string of the molecule is C=CCN1CC[C@]23c4c5ccc(OC(C)=O)c4O[C@H]2[C@H](N(C)C(=O)/C=C/c2ccoc2)CC[C@@]3(O)[C@H]1C5. The third-order valence-corrected chi connectivity index (χ3v) is 8.95. The number of esters is 1. The van der Waals surface area contributed by atoms with E-state index in [0.29, 0.717) is 43.7 Å². The fourth-order valence-electron chi connectivity index (χ4n) is 7.43. The van der Waals surface area contributed by atoms with Crippen LogP contribution in [0.15, 0.2) is 53.9 Å². The van der Waals surface area contributed by atoms with E-state index in [9.17, 15) is 14.7 Å². The van der Waals surface area contributed by atoms with E-state index in [4.69, 9.17) is 13.9 Å². The van der Waals surface area contributed by atoms with Gasteiger partial charge >= 0.3 is 5.97 Å². The van der Waals surface area contributed by atoms with Crippen molar-refractivity contribution < 1.29 is 28.6 Å². The second-order valence-corrected chi connectivity index (χ2v) is 10.7. The highest BCUT2D eigenvalue weighted by atomic mass is 16.6. The monoisotopic (exact) mass is 504 g/mol. The summed E-state index contributed by atoms with van der Waals surface area (Å²) in [5.74, 6) is 0.333. The molecule has 0 unspecified atom stereocenters. The molecule has 1 N–H and O–H groups in total. The van der Waals surface area contributed by atoms with Crippen molar-refractivity contribution in [1.29, 1.82) is 0 Å². The van der Waals surface area contributed by atoms with Crippen molar-refractivity contribution in [2.45, 2.75) is 61.8 Å². The summed E-state index contributed by atoms with van der Waals surface area (Å²) >= 11 is 0. The summed E-state index contributed by atoms with van der Waals surface area (Å²) in [6, 6.07) is 5.22. The molecular weight excluding hydrogens is 472 g/mol. The van der Waals surface area contributed by atoms with Gasteiger partial charge in [0.2, 0.25) is 5.91 Å². The maximum atomic E-state index is 13.3. The van der Waals surface area contributed by atoms with Crippen molar-refractivity contribution in [3.05, 3.63) is 66.1 Å². The zero-order chi connectivity index (χ0) is 25.9. The molecule has 194 valence electrons. The van der Waals surface area contributed by atoms with Crippen LogP contribution in [0.1, 0.15) is 42.9 Å². The Morgan fingerprint density at radius 3 is 2.89 bits per heavy atom. The van der Waals surface area contributed by atoms with Crippen LogP contribution in [-0.4, -0.2) is 70.7 Å². The lowest BCUT2D eigenvalue weighted by Crippen LogP contribution is -2.78. The highest BCUT2D eigenvalue weighted by molar-refractivity contribution is 5.92. The van der Waals surface area contributed by atoms with Crippen LogP contribution in [0, 0.1) is 0 Å². The minimum Gasteiger partial charge on any atom is -0.483 e. The average Bonchev–Trinajstić information content (AvgIpc) is 3.50. The van der Waals surface area contributed by atoms with Crippen LogP contribution in [0.2, 0.25) is 0 Å². The number of hydrogen-bond donors (Lipinski definition) is 1. The van der Waals surface area contributed by atoms with Crippen LogP contribution >= 0.6 is 0 Å². The highest BCUT2D eigenvalue weighted by Gasteiger charge is 2.73. The lowest BCUT2D eigenvalue weighted by molar-refractivity contribution is -0.198. The summed E-state index contributed by atoms with van der Waals surface area (Å²) in [7, 11) is 1.79. The van der Waals surface area contributed by atoms with E-state index in [-0.39, 0.29) is 18.0 Å². The number of ether oxygens (including phenoxy) is 2. The Morgan fingerprint density at radius 1 is 1.32 bits per heavy atom. The van der Waals surface area contributed by atoms with Crippen molar-refractivity contribution in [3.63, 3.8) is 0 Å². The van der Waals surface area contributed by atoms with E-state index in [1.807, 2.05) is 12.1 Å². The molecule has 8 nitrogen and oxygen atoms in total. The highest BCUT2D eigenvalue weighted by Crippen LogP contribution is 2.65. The molecule has 2 aliphatic heterocycles. The molecule has 8 heteroatoms. The minimum absolute atomic E-state index is 0.0914. The Balaban J connectivity index is 1.44. The lowest BCUT2D eigenvalue weighted by Gasteiger charge is -2.64. The topological polar surface area (TPSA) is 92.5 Å². The van der Waals surface area contributed by atoms with Crippen LogP contribution < -0.4 is 9.47 Å². The zero-order valence-electron chi connectivity index (χ0n) is 21.2. The molecule has 1 spiro atoms. The molecule has 2 bridgehead atoms. The number of carbonyl (C=O) groups excluding carboxylic acids is 2. The summed E-state index contributed by atoms with van der Waals surface area (Å²) in [6.07, 6.45) is 10.3. The molecule has 1 saturated heterocycles. The first-order valence-electron chi connectivity index (χ1n) is 12.9. The second kappa shape index (κ2) is 8.60. The maximum absolute atomic E-state index is 13.3. The van der Waals surface area contributed by atoms with Gasteiger partial charge in [-0.25, -0.2) is 0 Å². The second-order valence-electron chi connectivity index (χ2n) is 10.7. The quantitative estimate of drug-likeness (QED) is 0.280. The molecule has 1 aromatic heterocycles. The standard InChI is InChI=1S/C29H32N2O6/c1-4-13-31-14-12-28-25-20-6-7-22(36-18(2)32)26(25)37-27(28)21(9-11-29(28,34)23(31)16-20)30(3)24(33)8-5-19-10-15-35-17-19/h4-8,10,15,17,21,23,27,34H,1,9,11-14,16H2,2-3H3/b8-5+/t21-,23-,27+,28+,29-/m1/s1. The number of aliphatic hydroxyl groups is 1. The number of hydrogen-bond acceptors (Lipinski definition) is 7. The van der Waals surface area contributed by atoms with Gasteiger partial charge in [0.1, 0.15) is 6.10 Å². The molecule has 6 rings (SSSR count). The normalized spacial score (nSPS) is 31.5. The molecule has 4 aliphatic rings. The van der Waals surface area contributed by atoms with Gasteiger partial charge in [0.25, 0.3) is 0 Å². The van der Waals surface area contributed by atoms with Crippen LogP contribution in [0.5, 0.6) is 11.5 Å². The predicted octanol–water partition coefficient (Wildman–Crippen LogP) is 3.09. The molecule has 5 atom stereocenters. The van der Waals surface area contributed by atoms with E-state index in [1.54, 1.807) is 42.7 Å². The first kappa shape index (κ1) is 24.0. The van der Waals surface area contributed by atoms with Crippen molar-refractivity contribution in [1.82, 2.24) is 9.80 Å². The van der Waals surface area contributed by atoms with Gasteiger partial charge in [-0.3, -0.25) is 14.5 Å². The zero-order valence-corrected chi connectivity index (χ0v) is 21.2. The molecular formula is C29H32N2O6. The Morgan fingerprint density at radius 2 is 2.16 bits per heavy atom. The molecule has 1 saturated carbocycles. The van der Waals surface area contributed by atoms with Gasteiger partial charge in [0.05, 0.1) is 29.6 Å². The van der Waals surface area contributed by atoms with E-state index in [1.165, 1.54) is 13.0 Å². The fraction of sp³-hybridized carbons (Fsp3) is 0.448. The summed E-state index contributed by atoms with van der Waals surface area (Å²) in [4.78, 5) is 29.2. The Kier molecular flexibility index (Phi) is 5.58. The number of carbonyl (C=O) groups is 2. The summed E-state index contributed by atoms with van der Waals surface area (Å²) in [5.41, 5.74) is 1.11. The van der Waals surface area contributed by atoms with Crippen molar-refractivity contribution in [2.75, 3.05) is 20.1 Å². The Bertz CT molecular complexity index is 1290. The van der Waals surface area contributed by atoms with E-state index >= 15 is 0 Å². The largest absolute Gasteiger partial charge is 0.483 e. The number of benzene rings is 1. The third kappa shape index (κ3) is 3.35. The number of piperidine rings is 1. The maximum Gasteiger partial charge on any atom is 0.308 e. The first-order chi connectivity index (χ1) is 17.8. The molecule has 37 heavy (non-hydrogen) atoms. The molecule has 3 heterocycles. The number of rotatable bonds is 6. The van der Waals surface area contributed by atoms with E-state index in [0.717, 1.165) is 23.2 Å². The van der Waals surface area contributed by atoms with Crippen molar-refractivity contribution >= 4 is 18.0 Å². The van der Waals surface area contributed by atoms with Crippen LogP contribution in [-0.2, 0) is 21.4 Å². The average molecular weight is 505 g/mol. The molecule has 1 aromatic carbocycles. The molecule has 1 amide bonds. The number of likely N-dealkylation sites (N-methyl/N-ethyl adjacent to an activating group) is 1. The molecule has 2 aromatic rings. The molecule has 2 aliphatic carbocycles. The predicted molar refractivity (Wildman–Crippen MR) is 136 cm³/mol. The summed E-state index contributed by atoms with van der Waals surface area (Å²) in [5, 5.41) is 12.6. The van der Waals surface area contributed by atoms with Crippen LogP contribution in [0.4, 0.5) is 0 Å². The first-order valence-corrected chi connectivity index (χ1v) is 12.9. The van der Waals surface area contributed by atoms with Gasteiger partial charge in [-0.2, -0.15) is 0 Å². The smallest absolute Gasteiger partial charge is 0.308 e. The van der Waals surface area contributed by atoms with Crippen molar-refractivity contribution in [3.8, 4) is 11.5 Å². The Labute approximate surface area is 216 Å². The van der Waals surface area contributed by atoms with Gasteiger partial charge < -0.3 is 23.9 Å². The van der Waals surface area contributed by atoms with Gasteiger partial charge in [0, 0.05) is 43.8 Å². The number of furan rings is 1. The van der Waals surface area contributed by atoms with Crippen LogP contribution in [0.3, 0.4) is 0 Å². The Hall–Kier alpha value is -3.36. The number of amides is 1. The van der Waals surface area contributed by atoms with Crippen LogP contribution in [0.25, 0.3) is 6.08 Å². The number of nitrogens with zero attached hydrogens (tertiary/aromatic N) is 2. The lowest BCUT2D eigenvalue weighted by atomic mass is 9.48. The van der Waals surface area contributed by atoms with Gasteiger partial charge in [0.15, 0.2) is 11.5 Å². The minimum atomic E-state index is -1.04. The summed E-state index contributed by atoms with van der Waals surface area (Å²) in [6.45, 7) is 6.78. The fourth-order valence-corrected chi connectivity index (χ4v) is 7.43. The third-order valence-electron chi connectivity index (χ3n) is 8.95. The summed E-state index contributed by atoms with van der Waals surface area (Å²) < 4.78 is 17.3. The van der Waals surface area contributed by atoms with Gasteiger partial charge in [-0.1, -0.05) is 12.1 Å². The van der Waals surface area contributed by atoms with E-state index in [2.05, 4.69) is 11.5 Å². The van der Waals surface area contributed by atoms with Gasteiger partial charge in [-0.15, -0.1) is 6.58 Å². The molecule has 0 radical (unpaired) electrons. The van der Waals surface area contributed by atoms with E-state index < -0.39 is 23.1 Å². The van der Waals surface area contributed by atoms with Crippen molar-refractivity contribution in [2.24, 2.45) is 0 Å². The van der Waals surface area contributed by atoms with Gasteiger partial charge in [-0.05, 0) is 56.0 Å². The molecule has 2 fully saturated rings. The number of likely N-dealkylation sites (tertiary alicyclic amines) is 1.